The Morgan fingerprint density at radius 1 is 0.658 bits per heavy atom. The Labute approximate surface area is 225 Å². The lowest BCUT2D eigenvalue weighted by Gasteiger charge is -2.30. The highest BCUT2D eigenvalue weighted by molar-refractivity contribution is 5.76. The Hall–Kier alpha value is -3.42. The van der Waals surface area contributed by atoms with Gasteiger partial charge in [-0.2, -0.15) is 0 Å². The van der Waals surface area contributed by atoms with Crippen LogP contribution < -0.4 is 29.6 Å². The quantitative estimate of drug-likeness (QED) is 0.366. The van der Waals surface area contributed by atoms with Crippen molar-refractivity contribution in [1.82, 2.24) is 10.6 Å². The molecule has 0 radical (unpaired) electrons. The fourth-order valence-corrected chi connectivity index (χ4v) is 4.68. The molecule has 2 aromatic rings. The average Bonchev–Trinajstić information content (AvgIpc) is 2.93. The van der Waals surface area contributed by atoms with Gasteiger partial charge in [-0.05, 0) is 51.0 Å². The van der Waals surface area contributed by atoms with E-state index in [0.29, 0.717) is 26.1 Å². The number of amides is 2. The molecule has 2 aromatic carbocycles. The molecule has 2 aliphatic rings. The molecule has 0 unspecified atom stereocenters. The second-order valence-electron chi connectivity index (χ2n) is 10.2. The van der Waals surface area contributed by atoms with Crippen LogP contribution in [0.25, 0.3) is 0 Å². The standard InChI is InChI=1S/C30H40N2O6/c1-21(27-19-35-23-13-9-11-15-25(23)37-27)31-29(33)17-7-5-3-4-6-8-18-30(34)32-22(2)28-20-36-24-14-10-12-16-26(24)38-28/h9-16,21-22,27-28H,3-8,17-20H2,1-2H3,(H,31,33)(H,32,34)/t21-,22-,27-,28+/m0/s1. The molecule has 4 rings (SSSR count). The van der Waals surface area contributed by atoms with Gasteiger partial charge in [0.2, 0.25) is 11.8 Å². The first-order valence-electron chi connectivity index (χ1n) is 13.9. The molecule has 8 heteroatoms. The van der Waals surface area contributed by atoms with Crippen molar-refractivity contribution in [3.63, 3.8) is 0 Å². The number of hydrogen-bond donors (Lipinski definition) is 2. The van der Waals surface area contributed by atoms with E-state index < -0.39 is 0 Å². The topological polar surface area (TPSA) is 95.1 Å². The smallest absolute Gasteiger partial charge is 0.220 e. The van der Waals surface area contributed by atoms with Crippen LogP contribution in [0, 0.1) is 0 Å². The minimum Gasteiger partial charge on any atom is -0.486 e. The zero-order valence-electron chi connectivity index (χ0n) is 22.4. The number of rotatable bonds is 13. The number of ether oxygens (including phenoxy) is 4. The van der Waals surface area contributed by atoms with Crippen LogP contribution in [0.4, 0.5) is 0 Å². The van der Waals surface area contributed by atoms with E-state index in [9.17, 15) is 9.59 Å². The van der Waals surface area contributed by atoms with Gasteiger partial charge in [-0.15, -0.1) is 0 Å². The number of para-hydroxylation sites is 4. The fourth-order valence-electron chi connectivity index (χ4n) is 4.68. The maximum absolute atomic E-state index is 12.3. The minimum absolute atomic E-state index is 0.0431. The molecule has 0 saturated carbocycles. The molecule has 2 aliphatic heterocycles. The lowest BCUT2D eigenvalue weighted by atomic mass is 10.1. The van der Waals surface area contributed by atoms with Gasteiger partial charge < -0.3 is 29.6 Å². The third-order valence-electron chi connectivity index (χ3n) is 7.01. The van der Waals surface area contributed by atoms with Crippen LogP contribution in [0.5, 0.6) is 23.0 Å². The van der Waals surface area contributed by atoms with E-state index in [-0.39, 0.29) is 36.1 Å². The van der Waals surface area contributed by atoms with Gasteiger partial charge in [0.25, 0.3) is 0 Å². The lowest BCUT2D eigenvalue weighted by Crippen LogP contribution is -2.48. The first-order valence-corrected chi connectivity index (χ1v) is 13.9. The highest BCUT2D eigenvalue weighted by Gasteiger charge is 2.28. The van der Waals surface area contributed by atoms with Crippen molar-refractivity contribution in [3.8, 4) is 23.0 Å². The first-order chi connectivity index (χ1) is 18.5. The van der Waals surface area contributed by atoms with Gasteiger partial charge in [0.15, 0.2) is 35.2 Å². The molecular weight excluding hydrogens is 484 g/mol. The summed E-state index contributed by atoms with van der Waals surface area (Å²) in [6.45, 7) is 4.75. The van der Waals surface area contributed by atoms with E-state index in [1.165, 1.54) is 0 Å². The number of nitrogens with one attached hydrogen (secondary N) is 2. The summed E-state index contributed by atoms with van der Waals surface area (Å²) in [6, 6.07) is 14.9. The monoisotopic (exact) mass is 524 g/mol. The van der Waals surface area contributed by atoms with Crippen LogP contribution in [0.3, 0.4) is 0 Å². The number of carbonyl (C=O) groups excluding carboxylic acids is 2. The van der Waals surface area contributed by atoms with Crippen molar-refractivity contribution >= 4 is 11.8 Å². The summed E-state index contributed by atoms with van der Waals surface area (Å²) < 4.78 is 23.4. The van der Waals surface area contributed by atoms with Crippen molar-refractivity contribution in [2.75, 3.05) is 13.2 Å². The van der Waals surface area contributed by atoms with E-state index in [0.717, 1.165) is 61.5 Å². The second kappa shape index (κ2) is 13.9. The minimum atomic E-state index is -0.200. The molecule has 2 N–H and O–H groups in total. The van der Waals surface area contributed by atoms with E-state index in [2.05, 4.69) is 10.6 Å². The van der Waals surface area contributed by atoms with Gasteiger partial charge in [0, 0.05) is 12.8 Å². The normalized spacial score (nSPS) is 19.2. The van der Waals surface area contributed by atoms with E-state index >= 15 is 0 Å². The number of unbranched alkanes of at least 4 members (excludes halogenated alkanes) is 5. The average molecular weight is 525 g/mol. The third kappa shape index (κ3) is 8.04. The maximum atomic E-state index is 12.3. The van der Waals surface area contributed by atoms with Crippen LogP contribution in [-0.4, -0.2) is 49.3 Å². The molecule has 2 heterocycles. The summed E-state index contributed by atoms with van der Waals surface area (Å²) >= 11 is 0. The fraction of sp³-hybridized carbons (Fsp3) is 0.533. The van der Waals surface area contributed by atoms with Gasteiger partial charge in [-0.3, -0.25) is 9.59 Å². The van der Waals surface area contributed by atoms with Crippen LogP contribution in [-0.2, 0) is 9.59 Å². The molecule has 0 spiro atoms. The zero-order chi connectivity index (χ0) is 26.7. The van der Waals surface area contributed by atoms with Crippen molar-refractivity contribution < 1.29 is 28.5 Å². The van der Waals surface area contributed by atoms with Crippen LogP contribution in [0.15, 0.2) is 48.5 Å². The number of hydrogen-bond acceptors (Lipinski definition) is 6. The molecule has 0 aliphatic carbocycles. The predicted molar refractivity (Wildman–Crippen MR) is 145 cm³/mol. The summed E-state index contributed by atoms with van der Waals surface area (Å²) in [6.07, 6.45) is 6.45. The Kier molecular flexibility index (Phi) is 10.1. The van der Waals surface area contributed by atoms with Crippen molar-refractivity contribution in [2.24, 2.45) is 0 Å². The van der Waals surface area contributed by atoms with Gasteiger partial charge in [-0.1, -0.05) is 49.9 Å². The van der Waals surface area contributed by atoms with Gasteiger partial charge >= 0.3 is 0 Å². The highest BCUT2D eigenvalue weighted by atomic mass is 16.6. The van der Waals surface area contributed by atoms with Crippen LogP contribution in [0.2, 0.25) is 0 Å². The van der Waals surface area contributed by atoms with Crippen molar-refractivity contribution in [3.05, 3.63) is 48.5 Å². The summed E-state index contributed by atoms with van der Waals surface area (Å²) in [5, 5.41) is 6.09. The van der Waals surface area contributed by atoms with Crippen LogP contribution >= 0.6 is 0 Å². The Morgan fingerprint density at radius 2 is 1.03 bits per heavy atom. The summed E-state index contributed by atoms with van der Waals surface area (Å²) in [4.78, 5) is 24.7. The van der Waals surface area contributed by atoms with Crippen LogP contribution in [0.1, 0.15) is 65.2 Å². The summed E-state index contributed by atoms with van der Waals surface area (Å²) in [5.74, 6) is 3.01. The van der Waals surface area contributed by atoms with Crippen molar-refractivity contribution in [1.29, 1.82) is 0 Å². The predicted octanol–water partition coefficient (Wildman–Crippen LogP) is 4.80. The third-order valence-corrected chi connectivity index (χ3v) is 7.01. The molecular formula is C30H40N2O6. The molecule has 206 valence electrons. The Morgan fingerprint density at radius 3 is 1.45 bits per heavy atom. The molecule has 0 aromatic heterocycles. The van der Waals surface area contributed by atoms with Crippen molar-refractivity contribution in [2.45, 2.75) is 89.5 Å². The molecule has 4 atom stereocenters. The van der Waals surface area contributed by atoms with Gasteiger partial charge in [0.05, 0.1) is 12.1 Å². The Balaban J connectivity index is 1.000. The molecule has 38 heavy (non-hydrogen) atoms. The molecule has 2 amide bonds. The van der Waals surface area contributed by atoms with Gasteiger partial charge in [-0.25, -0.2) is 0 Å². The molecule has 0 bridgehead atoms. The second-order valence-corrected chi connectivity index (χ2v) is 10.2. The first kappa shape index (κ1) is 27.6. The highest BCUT2D eigenvalue weighted by Crippen LogP contribution is 2.32. The largest absolute Gasteiger partial charge is 0.486 e. The SMILES string of the molecule is C[C@H](NC(=O)CCCCCCCCC(=O)N[C@@H](C)[C@H]1COc2ccccc2O1)[C@@H]1COc2ccccc2O1. The Bertz CT molecular complexity index is 977. The summed E-state index contributed by atoms with van der Waals surface area (Å²) in [5.41, 5.74) is 0. The van der Waals surface area contributed by atoms with E-state index in [4.69, 9.17) is 18.9 Å². The van der Waals surface area contributed by atoms with Gasteiger partial charge in [0.1, 0.15) is 13.2 Å². The zero-order valence-corrected chi connectivity index (χ0v) is 22.4. The number of fused-ring (bicyclic) bond motifs is 2. The molecule has 8 nitrogen and oxygen atoms in total. The number of benzene rings is 2. The lowest BCUT2D eigenvalue weighted by molar-refractivity contribution is -0.123. The summed E-state index contributed by atoms with van der Waals surface area (Å²) in [7, 11) is 0. The molecule has 0 fully saturated rings. The van der Waals surface area contributed by atoms with E-state index in [1.54, 1.807) is 0 Å². The maximum Gasteiger partial charge on any atom is 0.220 e. The molecule has 0 saturated heterocycles. The number of carbonyl (C=O) groups is 2. The van der Waals surface area contributed by atoms with E-state index in [1.807, 2.05) is 62.4 Å².